The van der Waals surface area contributed by atoms with Crippen LogP contribution in [0.15, 0.2) is 29.3 Å². The van der Waals surface area contributed by atoms with Crippen LogP contribution < -0.4 is 10.6 Å². The molecule has 1 amide bonds. The molecule has 1 aliphatic rings. The van der Waals surface area contributed by atoms with Gasteiger partial charge in [0, 0.05) is 44.1 Å². The molecule has 1 atom stereocenters. The number of likely N-dealkylation sites (tertiary alicyclic amines) is 1. The number of benzene rings is 1. The van der Waals surface area contributed by atoms with Crippen molar-refractivity contribution in [2.75, 3.05) is 26.2 Å². The van der Waals surface area contributed by atoms with Crippen LogP contribution in [0, 0.1) is 12.8 Å². The number of nitrogens with one attached hydrogen (secondary N) is 2. The zero-order valence-corrected chi connectivity index (χ0v) is 21.7. The molecule has 2 rings (SSSR count). The maximum absolute atomic E-state index is 12.6. The second kappa shape index (κ2) is 13.9. The van der Waals surface area contributed by atoms with Gasteiger partial charge < -0.3 is 15.5 Å². The van der Waals surface area contributed by atoms with E-state index < -0.39 is 0 Å². The average Bonchev–Trinajstić information content (AvgIpc) is 2.73. The van der Waals surface area contributed by atoms with E-state index in [1.165, 1.54) is 11.1 Å². The first-order valence-corrected chi connectivity index (χ1v) is 11.4. The molecular weight excluding hydrogens is 487 g/mol. The van der Waals surface area contributed by atoms with E-state index in [1.54, 1.807) is 0 Å². The monoisotopic (exact) mass is 528 g/mol. The minimum Gasteiger partial charge on any atom is -0.357 e. The molecule has 0 aliphatic carbocycles. The van der Waals surface area contributed by atoms with Crippen molar-refractivity contribution in [2.45, 2.75) is 72.3 Å². The van der Waals surface area contributed by atoms with E-state index in [1.807, 2.05) is 0 Å². The summed E-state index contributed by atoms with van der Waals surface area (Å²) in [5.41, 5.74) is 2.61. The van der Waals surface area contributed by atoms with Gasteiger partial charge in [-0.1, -0.05) is 50.6 Å². The molecule has 0 bridgehead atoms. The lowest BCUT2D eigenvalue weighted by molar-refractivity contribution is -0.136. The van der Waals surface area contributed by atoms with Crippen molar-refractivity contribution in [1.82, 2.24) is 15.5 Å². The molecule has 1 aromatic carbocycles. The highest BCUT2D eigenvalue weighted by Crippen LogP contribution is 2.18. The van der Waals surface area contributed by atoms with Crippen LogP contribution in [0.4, 0.5) is 0 Å². The van der Waals surface area contributed by atoms with Gasteiger partial charge in [0.25, 0.3) is 0 Å². The fourth-order valence-corrected chi connectivity index (χ4v) is 3.88. The molecule has 1 heterocycles. The standard InChI is InChI=1S/C24H40N4O.HI/c1-6-20(7-2)23(29)28-15-13-22(14-16-28)27-24(25-8-3)26-17-19(5)21-11-9-18(4)10-12-21;/h9-12,19-20,22H,6-8,13-17H2,1-5H3,(H2,25,26,27);1H. The minimum atomic E-state index is 0. The lowest BCUT2D eigenvalue weighted by Crippen LogP contribution is -2.50. The van der Waals surface area contributed by atoms with Crippen LogP contribution in [0.1, 0.15) is 70.4 Å². The van der Waals surface area contributed by atoms with Crippen LogP contribution in [0.2, 0.25) is 0 Å². The lowest BCUT2D eigenvalue weighted by atomic mass is 9.98. The Kier molecular flexibility index (Phi) is 12.4. The van der Waals surface area contributed by atoms with Gasteiger partial charge in [-0.2, -0.15) is 0 Å². The number of hydrogen-bond donors (Lipinski definition) is 2. The Hall–Kier alpha value is -1.31. The average molecular weight is 529 g/mol. The summed E-state index contributed by atoms with van der Waals surface area (Å²) in [5, 5.41) is 6.97. The topological polar surface area (TPSA) is 56.7 Å². The first-order chi connectivity index (χ1) is 14.0. The van der Waals surface area contributed by atoms with Crippen molar-refractivity contribution in [1.29, 1.82) is 0 Å². The van der Waals surface area contributed by atoms with Gasteiger partial charge in [-0.15, -0.1) is 24.0 Å². The van der Waals surface area contributed by atoms with Gasteiger partial charge in [-0.05, 0) is 45.1 Å². The lowest BCUT2D eigenvalue weighted by Gasteiger charge is -2.35. The molecule has 5 nitrogen and oxygen atoms in total. The number of amides is 1. The summed E-state index contributed by atoms with van der Waals surface area (Å²) in [5.74, 6) is 1.78. The maximum atomic E-state index is 12.6. The van der Waals surface area contributed by atoms with E-state index >= 15 is 0 Å². The molecule has 0 spiro atoms. The minimum absolute atomic E-state index is 0. The van der Waals surface area contributed by atoms with Crippen molar-refractivity contribution in [3.8, 4) is 0 Å². The van der Waals surface area contributed by atoms with Gasteiger partial charge in [-0.25, -0.2) is 0 Å². The molecule has 0 radical (unpaired) electrons. The quantitative estimate of drug-likeness (QED) is 0.292. The van der Waals surface area contributed by atoms with E-state index in [0.29, 0.717) is 17.9 Å². The second-order valence-electron chi connectivity index (χ2n) is 8.29. The van der Waals surface area contributed by atoms with Crippen LogP contribution in [-0.4, -0.2) is 49.0 Å². The van der Waals surface area contributed by atoms with Crippen molar-refractivity contribution in [2.24, 2.45) is 10.9 Å². The molecule has 1 unspecified atom stereocenters. The molecule has 2 N–H and O–H groups in total. The van der Waals surface area contributed by atoms with Crippen LogP contribution in [0.5, 0.6) is 0 Å². The SMILES string of the molecule is CCNC(=NCC(C)c1ccc(C)cc1)NC1CCN(C(=O)C(CC)CC)CC1.I. The normalized spacial score (nSPS) is 16.2. The van der Waals surface area contributed by atoms with Crippen molar-refractivity contribution < 1.29 is 4.79 Å². The molecule has 0 saturated carbocycles. The largest absolute Gasteiger partial charge is 0.357 e. The Labute approximate surface area is 200 Å². The highest BCUT2D eigenvalue weighted by atomic mass is 127. The molecule has 1 saturated heterocycles. The third-order valence-corrected chi connectivity index (χ3v) is 6.00. The Bertz CT molecular complexity index is 650. The van der Waals surface area contributed by atoms with E-state index in [9.17, 15) is 4.79 Å². The van der Waals surface area contributed by atoms with Crippen LogP contribution >= 0.6 is 24.0 Å². The number of halogens is 1. The van der Waals surface area contributed by atoms with Crippen LogP contribution in [0.3, 0.4) is 0 Å². The number of piperidine rings is 1. The number of guanidine groups is 1. The Morgan fingerprint density at radius 1 is 1.13 bits per heavy atom. The zero-order chi connectivity index (χ0) is 21.2. The van der Waals surface area contributed by atoms with Gasteiger partial charge >= 0.3 is 0 Å². The highest BCUT2D eigenvalue weighted by molar-refractivity contribution is 14.0. The molecule has 0 aromatic heterocycles. The number of rotatable bonds is 8. The third-order valence-electron chi connectivity index (χ3n) is 6.00. The summed E-state index contributed by atoms with van der Waals surface area (Å²) < 4.78 is 0. The molecular formula is C24H41IN4O. The summed E-state index contributed by atoms with van der Waals surface area (Å²) >= 11 is 0. The van der Waals surface area contributed by atoms with Crippen LogP contribution in [-0.2, 0) is 4.79 Å². The highest BCUT2D eigenvalue weighted by Gasteiger charge is 2.26. The smallest absolute Gasteiger partial charge is 0.225 e. The fraction of sp³-hybridized carbons (Fsp3) is 0.667. The number of hydrogen-bond acceptors (Lipinski definition) is 2. The first-order valence-electron chi connectivity index (χ1n) is 11.4. The van der Waals surface area contributed by atoms with Crippen LogP contribution in [0.25, 0.3) is 0 Å². The summed E-state index contributed by atoms with van der Waals surface area (Å²) in [6.07, 6.45) is 3.82. The van der Waals surface area contributed by atoms with Gasteiger partial charge in [0.15, 0.2) is 5.96 Å². The fourth-order valence-electron chi connectivity index (χ4n) is 3.88. The van der Waals surface area contributed by atoms with Crippen molar-refractivity contribution >= 4 is 35.8 Å². The van der Waals surface area contributed by atoms with E-state index in [-0.39, 0.29) is 29.9 Å². The predicted molar refractivity (Wildman–Crippen MR) is 138 cm³/mol. The Balaban J connectivity index is 0.00000450. The molecule has 6 heteroatoms. The van der Waals surface area contributed by atoms with Crippen molar-refractivity contribution in [3.63, 3.8) is 0 Å². The Morgan fingerprint density at radius 3 is 2.27 bits per heavy atom. The van der Waals surface area contributed by atoms with Gasteiger partial charge in [0.05, 0.1) is 0 Å². The summed E-state index contributed by atoms with van der Waals surface area (Å²) in [6, 6.07) is 9.09. The van der Waals surface area contributed by atoms with Gasteiger partial charge in [-0.3, -0.25) is 9.79 Å². The number of aryl methyl sites for hydroxylation is 1. The maximum Gasteiger partial charge on any atom is 0.225 e. The first kappa shape index (κ1) is 26.7. The second-order valence-corrected chi connectivity index (χ2v) is 8.29. The molecule has 30 heavy (non-hydrogen) atoms. The summed E-state index contributed by atoms with van der Waals surface area (Å²) in [7, 11) is 0. The number of carbonyl (C=O) groups excluding carboxylic acids is 1. The van der Waals surface area contributed by atoms with Gasteiger partial charge in [0.2, 0.25) is 5.91 Å². The van der Waals surface area contributed by atoms with E-state index in [4.69, 9.17) is 4.99 Å². The molecule has 1 fully saturated rings. The van der Waals surface area contributed by atoms with E-state index in [0.717, 1.165) is 57.8 Å². The number of nitrogens with zero attached hydrogens (tertiary/aromatic N) is 2. The number of aliphatic imine (C=N–C) groups is 1. The van der Waals surface area contributed by atoms with E-state index in [2.05, 4.69) is 74.4 Å². The Morgan fingerprint density at radius 2 is 1.73 bits per heavy atom. The predicted octanol–water partition coefficient (Wildman–Crippen LogP) is 4.70. The molecule has 170 valence electrons. The zero-order valence-electron chi connectivity index (χ0n) is 19.4. The summed E-state index contributed by atoms with van der Waals surface area (Å²) in [6.45, 7) is 13.9. The third kappa shape index (κ3) is 8.08. The summed E-state index contributed by atoms with van der Waals surface area (Å²) in [4.78, 5) is 19.5. The van der Waals surface area contributed by atoms with Gasteiger partial charge in [0.1, 0.15) is 0 Å². The van der Waals surface area contributed by atoms with Crippen molar-refractivity contribution in [3.05, 3.63) is 35.4 Å². The number of carbonyl (C=O) groups is 1. The molecule has 1 aliphatic heterocycles. The molecule has 1 aromatic rings.